The largest absolute Gasteiger partial charge is 0.308 e. The van der Waals surface area contributed by atoms with Crippen molar-refractivity contribution in [3.63, 3.8) is 0 Å². The van der Waals surface area contributed by atoms with Crippen LogP contribution in [0.3, 0.4) is 0 Å². The predicted octanol–water partition coefficient (Wildman–Crippen LogP) is 16.7. The molecular formula is C64H42N4. The smallest absolute Gasteiger partial charge is 0.0620 e. The molecule has 0 amide bonds. The van der Waals surface area contributed by atoms with Crippen LogP contribution in [-0.2, 0) is 0 Å². The molecule has 13 rings (SSSR count). The third-order valence-corrected chi connectivity index (χ3v) is 13.5. The average molecular weight is 867 g/mol. The van der Waals surface area contributed by atoms with Gasteiger partial charge in [-0.25, -0.2) is 0 Å². The molecule has 318 valence electrons. The van der Waals surface area contributed by atoms with Crippen molar-refractivity contribution in [2.75, 3.05) is 0 Å². The molecule has 0 saturated heterocycles. The lowest BCUT2D eigenvalue weighted by atomic mass is 9.94. The fourth-order valence-corrected chi connectivity index (χ4v) is 10.5. The molecule has 68 heavy (non-hydrogen) atoms. The van der Waals surface area contributed by atoms with Gasteiger partial charge in [-0.15, -0.1) is 0 Å². The van der Waals surface area contributed by atoms with E-state index in [4.69, 9.17) is 0 Å². The number of hydrogen-bond acceptors (Lipinski definition) is 2. The fraction of sp³-hybridized carbons (Fsp3) is 0. The summed E-state index contributed by atoms with van der Waals surface area (Å²) in [4.78, 5) is 8.55. The zero-order chi connectivity index (χ0) is 45.0. The molecule has 0 radical (unpaired) electrons. The standard InChI is InChI=1S/C64H42N4/c1-5-13-47(14-6-1)59-57-33-29-53-54-30-34-58-60(48-15-7-2-8-16-48)62(50-19-11-4-12-20-50)68(52-27-23-44(24-28-52)46-37-41-66-42-38-46)64(58)56(54)32-31-55(53)63(57)67(61(59)49-17-9-3-10-18-49)51-25-21-43(22-26-51)45-35-39-65-40-36-45/h1-42H. The second kappa shape index (κ2) is 16.4. The summed E-state index contributed by atoms with van der Waals surface area (Å²) in [6.45, 7) is 0. The highest BCUT2D eigenvalue weighted by molar-refractivity contribution is 6.26. The predicted molar refractivity (Wildman–Crippen MR) is 283 cm³/mol. The Kier molecular flexibility index (Phi) is 9.47. The van der Waals surface area contributed by atoms with E-state index in [0.29, 0.717) is 0 Å². The summed E-state index contributed by atoms with van der Waals surface area (Å²) in [7, 11) is 0. The maximum atomic E-state index is 4.27. The van der Waals surface area contributed by atoms with Gasteiger partial charge in [-0.05, 0) is 104 Å². The lowest BCUT2D eigenvalue weighted by Gasteiger charge is -2.16. The monoisotopic (exact) mass is 866 g/mol. The van der Waals surface area contributed by atoms with Crippen molar-refractivity contribution in [1.29, 1.82) is 0 Å². The minimum Gasteiger partial charge on any atom is -0.308 e. The third kappa shape index (κ3) is 6.45. The maximum Gasteiger partial charge on any atom is 0.0620 e. The van der Waals surface area contributed by atoms with Crippen LogP contribution in [0.25, 0.3) is 122 Å². The van der Waals surface area contributed by atoms with Gasteiger partial charge in [-0.1, -0.05) is 182 Å². The highest BCUT2D eigenvalue weighted by Crippen LogP contribution is 2.49. The summed E-state index contributed by atoms with van der Waals surface area (Å²) in [5.74, 6) is 0. The van der Waals surface area contributed by atoms with E-state index in [-0.39, 0.29) is 0 Å². The van der Waals surface area contributed by atoms with Crippen molar-refractivity contribution in [1.82, 2.24) is 19.1 Å². The van der Waals surface area contributed by atoms with Gasteiger partial charge in [0.05, 0.1) is 22.4 Å². The number of fused-ring (bicyclic) bond motifs is 7. The summed E-state index contributed by atoms with van der Waals surface area (Å²) in [5, 5.41) is 7.20. The zero-order valence-corrected chi connectivity index (χ0v) is 37.0. The molecule has 0 bridgehead atoms. The SMILES string of the molecule is c1ccc(-c2c(-c3ccccc3)n(-c3ccc(-c4ccncc4)cc3)c3c2ccc2c4ccc5c(-c6ccccc6)c(-c6ccccc6)n(-c6ccc(-c7ccncc7)cc6)c5c4ccc23)cc1. The summed E-state index contributed by atoms with van der Waals surface area (Å²) in [6, 6.07) is 83.9. The van der Waals surface area contributed by atoms with Crippen molar-refractivity contribution in [3.05, 3.63) is 255 Å². The summed E-state index contributed by atoms with van der Waals surface area (Å²) < 4.78 is 5.01. The van der Waals surface area contributed by atoms with Crippen molar-refractivity contribution >= 4 is 43.4 Å². The molecule has 0 aliphatic carbocycles. The summed E-state index contributed by atoms with van der Waals surface area (Å²) >= 11 is 0. The van der Waals surface area contributed by atoms with Crippen LogP contribution in [0.2, 0.25) is 0 Å². The van der Waals surface area contributed by atoms with Gasteiger partial charge < -0.3 is 9.13 Å². The van der Waals surface area contributed by atoms with Gasteiger partial charge in [0.1, 0.15) is 0 Å². The number of rotatable bonds is 8. The Morgan fingerprint density at radius 1 is 0.221 bits per heavy atom. The van der Waals surface area contributed by atoms with E-state index in [1.807, 2.05) is 24.8 Å². The molecule has 4 aromatic heterocycles. The first kappa shape index (κ1) is 39.3. The number of aromatic nitrogens is 4. The minimum atomic E-state index is 1.10. The van der Waals surface area contributed by atoms with Crippen molar-refractivity contribution in [2.24, 2.45) is 0 Å². The van der Waals surface area contributed by atoms with Crippen LogP contribution in [0.4, 0.5) is 0 Å². The normalized spacial score (nSPS) is 11.5. The minimum absolute atomic E-state index is 1.10. The van der Waals surface area contributed by atoms with Crippen LogP contribution in [0.5, 0.6) is 0 Å². The number of pyridine rings is 2. The molecule has 0 atom stereocenters. The molecule has 4 heterocycles. The summed E-state index contributed by atoms with van der Waals surface area (Å²) in [5.41, 5.74) is 18.6. The van der Waals surface area contributed by atoms with Crippen molar-refractivity contribution in [3.8, 4) is 78.4 Å². The average Bonchev–Trinajstić information content (AvgIpc) is 3.97. The quantitative estimate of drug-likeness (QED) is 0.143. The van der Waals surface area contributed by atoms with E-state index in [1.54, 1.807) is 0 Å². The van der Waals surface area contributed by atoms with Gasteiger partial charge in [0, 0.05) is 68.8 Å². The zero-order valence-electron chi connectivity index (χ0n) is 37.0. The molecule has 0 aliphatic heterocycles. The molecule has 0 spiro atoms. The van der Waals surface area contributed by atoms with Crippen molar-refractivity contribution < 1.29 is 0 Å². The number of benzene rings is 9. The molecule has 0 saturated carbocycles. The van der Waals surface area contributed by atoms with Crippen LogP contribution in [-0.4, -0.2) is 19.1 Å². The van der Waals surface area contributed by atoms with Crippen LogP contribution >= 0.6 is 0 Å². The molecule has 9 aromatic carbocycles. The van der Waals surface area contributed by atoms with Crippen LogP contribution in [0.15, 0.2) is 255 Å². The van der Waals surface area contributed by atoms with E-state index < -0.39 is 0 Å². The molecule has 0 N–H and O–H groups in total. The van der Waals surface area contributed by atoms with Gasteiger partial charge >= 0.3 is 0 Å². The molecule has 4 heteroatoms. The highest BCUT2D eigenvalue weighted by Gasteiger charge is 2.26. The van der Waals surface area contributed by atoms with E-state index in [2.05, 4.69) is 250 Å². The van der Waals surface area contributed by atoms with Crippen LogP contribution < -0.4 is 0 Å². The first-order valence-corrected chi connectivity index (χ1v) is 23.1. The lowest BCUT2D eigenvalue weighted by molar-refractivity contribution is 1.14. The Balaban J connectivity index is 1.14. The first-order valence-electron chi connectivity index (χ1n) is 23.1. The Morgan fingerprint density at radius 2 is 0.515 bits per heavy atom. The molecule has 0 fully saturated rings. The van der Waals surface area contributed by atoms with Gasteiger partial charge in [-0.2, -0.15) is 0 Å². The van der Waals surface area contributed by atoms with E-state index >= 15 is 0 Å². The maximum absolute atomic E-state index is 4.27. The Bertz CT molecular complexity index is 3680. The number of hydrogen-bond donors (Lipinski definition) is 0. The van der Waals surface area contributed by atoms with Gasteiger partial charge in [-0.3, -0.25) is 9.97 Å². The fourth-order valence-electron chi connectivity index (χ4n) is 10.5. The first-order chi connectivity index (χ1) is 33.8. The lowest BCUT2D eigenvalue weighted by Crippen LogP contribution is -1.99. The second-order valence-electron chi connectivity index (χ2n) is 17.3. The van der Waals surface area contributed by atoms with Gasteiger partial charge in [0.15, 0.2) is 0 Å². The topological polar surface area (TPSA) is 35.6 Å². The van der Waals surface area contributed by atoms with Crippen molar-refractivity contribution in [2.45, 2.75) is 0 Å². The molecule has 4 nitrogen and oxygen atoms in total. The van der Waals surface area contributed by atoms with Gasteiger partial charge in [0.2, 0.25) is 0 Å². The molecule has 0 unspecified atom stereocenters. The molecule has 0 aliphatic rings. The third-order valence-electron chi connectivity index (χ3n) is 13.5. The van der Waals surface area contributed by atoms with E-state index in [0.717, 1.165) is 56.1 Å². The Morgan fingerprint density at radius 3 is 0.868 bits per heavy atom. The molecular weight excluding hydrogens is 825 g/mol. The molecule has 13 aromatic rings. The Labute approximate surface area is 394 Å². The van der Waals surface area contributed by atoms with Crippen LogP contribution in [0, 0.1) is 0 Å². The van der Waals surface area contributed by atoms with E-state index in [1.165, 1.54) is 65.6 Å². The highest BCUT2D eigenvalue weighted by atomic mass is 15.0. The van der Waals surface area contributed by atoms with E-state index in [9.17, 15) is 0 Å². The summed E-state index contributed by atoms with van der Waals surface area (Å²) in [6.07, 6.45) is 7.42. The Hall–Kier alpha value is -9.12. The van der Waals surface area contributed by atoms with Crippen LogP contribution in [0.1, 0.15) is 0 Å². The van der Waals surface area contributed by atoms with Gasteiger partial charge in [0.25, 0.3) is 0 Å². The second-order valence-corrected chi connectivity index (χ2v) is 17.3. The number of nitrogens with zero attached hydrogens (tertiary/aromatic N) is 4.